The molecule has 23 heteroatoms. The molecule has 0 bridgehead atoms. The summed E-state index contributed by atoms with van der Waals surface area (Å²) in [4.78, 5) is 0. The molecule has 0 aliphatic heterocycles. The molecular formula is C8H3F18O3PS. The zero-order chi connectivity index (χ0) is 26.5. The summed E-state index contributed by atoms with van der Waals surface area (Å²) in [5, 5.41) is -7.00. The molecule has 0 fully saturated rings. The van der Waals surface area contributed by atoms with Gasteiger partial charge < -0.3 is 0 Å². The van der Waals surface area contributed by atoms with E-state index in [1.165, 1.54) is 0 Å². The van der Waals surface area contributed by atoms with Gasteiger partial charge in [-0.2, -0.15) is 87.4 Å². The summed E-state index contributed by atoms with van der Waals surface area (Å²) in [6.07, 6.45) is -13.9. The van der Waals surface area contributed by atoms with E-state index in [9.17, 15) is 87.4 Å². The van der Waals surface area contributed by atoms with Gasteiger partial charge in [-0.3, -0.25) is 4.55 Å². The first-order valence-electron chi connectivity index (χ1n) is 5.91. The first-order valence-corrected chi connectivity index (χ1v) is 7.93. The van der Waals surface area contributed by atoms with Gasteiger partial charge in [-0.05, 0) is 0 Å². The van der Waals surface area contributed by atoms with Crippen molar-refractivity contribution in [3.8, 4) is 0 Å². The van der Waals surface area contributed by atoms with Crippen LogP contribution in [0.15, 0.2) is 0 Å². The Kier molecular flexibility index (Phi) is 8.47. The average molecular weight is 552 g/mol. The van der Waals surface area contributed by atoms with E-state index < -0.39 is 57.1 Å². The summed E-state index contributed by atoms with van der Waals surface area (Å²) in [7, 11) is -7.22. The monoisotopic (exact) mass is 552 g/mol. The molecule has 1 unspecified atom stereocenters. The molecule has 0 rings (SSSR count). The SMILES string of the molecule is FC(F)(F)C(F)(F)C(F)(F)C(F)(F)P.O=S(=O)(O)C(F)(F)C(F)(F)C(F)(F)C(F)(F)F. The summed E-state index contributed by atoms with van der Waals surface area (Å²) in [6.45, 7) is 0. The zero-order valence-corrected chi connectivity index (χ0v) is 15.0. The fourth-order valence-corrected chi connectivity index (χ4v) is 1.54. The van der Waals surface area contributed by atoms with Crippen LogP contribution >= 0.6 is 9.24 Å². The Labute approximate surface area is 159 Å². The van der Waals surface area contributed by atoms with Crippen LogP contribution in [0.1, 0.15) is 0 Å². The van der Waals surface area contributed by atoms with Gasteiger partial charge in [-0.25, -0.2) is 0 Å². The van der Waals surface area contributed by atoms with Gasteiger partial charge >= 0.3 is 57.1 Å². The third-order valence-corrected chi connectivity index (χ3v) is 3.88. The lowest BCUT2D eigenvalue weighted by Crippen LogP contribution is -2.63. The van der Waals surface area contributed by atoms with Gasteiger partial charge in [0.15, 0.2) is 0 Å². The second-order valence-corrected chi connectivity index (χ2v) is 7.10. The Bertz CT molecular complexity index is 704. The first-order chi connectivity index (χ1) is 12.8. The predicted octanol–water partition coefficient (Wildman–Crippen LogP) is 5.59. The van der Waals surface area contributed by atoms with Gasteiger partial charge in [0.05, 0.1) is 0 Å². The van der Waals surface area contributed by atoms with E-state index >= 15 is 0 Å². The minimum atomic E-state index is -7.37. The molecule has 0 aliphatic rings. The van der Waals surface area contributed by atoms with Crippen molar-refractivity contribution in [2.45, 2.75) is 47.0 Å². The number of halogens is 18. The van der Waals surface area contributed by atoms with Gasteiger partial charge in [-0.1, -0.05) is 9.24 Å². The maximum atomic E-state index is 12.2. The highest BCUT2D eigenvalue weighted by molar-refractivity contribution is 7.87. The number of rotatable bonds is 5. The van der Waals surface area contributed by atoms with Crippen LogP contribution in [-0.2, 0) is 10.1 Å². The number of hydrogen-bond acceptors (Lipinski definition) is 2. The number of hydrogen-bond donors (Lipinski definition) is 1. The van der Waals surface area contributed by atoms with Gasteiger partial charge in [-0.15, -0.1) is 0 Å². The van der Waals surface area contributed by atoms with Crippen molar-refractivity contribution in [1.29, 1.82) is 0 Å². The van der Waals surface area contributed by atoms with Gasteiger partial charge in [0.2, 0.25) is 0 Å². The third kappa shape index (κ3) is 5.53. The Morgan fingerprint density at radius 1 is 0.484 bits per heavy atom. The minimum absolute atomic E-state index is 0.0576. The smallest absolute Gasteiger partial charge is 0.281 e. The first kappa shape index (κ1) is 32.3. The maximum Gasteiger partial charge on any atom is 0.460 e. The van der Waals surface area contributed by atoms with Crippen molar-refractivity contribution < 1.29 is 92.0 Å². The van der Waals surface area contributed by atoms with Crippen molar-refractivity contribution in [3.05, 3.63) is 0 Å². The van der Waals surface area contributed by atoms with Crippen LogP contribution in [0.25, 0.3) is 0 Å². The van der Waals surface area contributed by atoms with E-state index in [0.717, 1.165) is 0 Å². The van der Waals surface area contributed by atoms with Crippen molar-refractivity contribution in [3.63, 3.8) is 0 Å². The molecule has 0 aromatic rings. The van der Waals surface area contributed by atoms with Gasteiger partial charge in [0.1, 0.15) is 0 Å². The molecule has 0 saturated carbocycles. The lowest BCUT2D eigenvalue weighted by atomic mass is 10.1. The Hall–Kier alpha value is -0.920. The third-order valence-electron chi connectivity index (χ3n) is 2.61. The summed E-state index contributed by atoms with van der Waals surface area (Å²) < 4.78 is 239. The van der Waals surface area contributed by atoms with Crippen molar-refractivity contribution in [1.82, 2.24) is 0 Å². The Morgan fingerprint density at radius 2 is 0.710 bits per heavy atom. The highest BCUT2D eigenvalue weighted by Crippen LogP contribution is 2.55. The van der Waals surface area contributed by atoms with Crippen LogP contribution in [0.3, 0.4) is 0 Å². The molecule has 0 radical (unpaired) electrons. The minimum Gasteiger partial charge on any atom is -0.281 e. The zero-order valence-electron chi connectivity index (χ0n) is 13.1. The second kappa shape index (κ2) is 8.14. The van der Waals surface area contributed by atoms with E-state index in [2.05, 4.69) is 0 Å². The van der Waals surface area contributed by atoms with Crippen LogP contribution in [-0.4, -0.2) is 59.9 Å². The Balaban J connectivity index is 0. The molecule has 0 aromatic heterocycles. The fourth-order valence-electron chi connectivity index (χ4n) is 0.910. The van der Waals surface area contributed by atoms with E-state index in [1.807, 2.05) is 0 Å². The van der Waals surface area contributed by atoms with E-state index in [0.29, 0.717) is 0 Å². The van der Waals surface area contributed by atoms with E-state index in [4.69, 9.17) is 4.55 Å². The largest absolute Gasteiger partial charge is 0.460 e. The molecule has 0 aromatic carbocycles. The lowest BCUT2D eigenvalue weighted by Gasteiger charge is -2.31. The Morgan fingerprint density at radius 3 is 0.839 bits per heavy atom. The maximum absolute atomic E-state index is 12.2. The van der Waals surface area contributed by atoms with Gasteiger partial charge in [0.25, 0.3) is 0 Å². The molecule has 0 saturated heterocycles. The van der Waals surface area contributed by atoms with Crippen LogP contribution in [0.4, 0.5) is 79.0 Å². The molecule has 190 valence electrons. The van der Waals surface area contributed by atoms with Crippen molar-refractivity contribution in [2.24, 2.45) is 0 Å². The molecule has 1 atom stereocenters. The standard InChI is InChI=1S/C4HF9O3S.C4H2F9P/c5-1(6,3(9,10)11)2(7,8)4(12,13)17(14,15)16;5-1(6,3(9,10)11)2(7,8)4(12,13)14/h(H,14,15,16);14H2. The normalized spacial score (nSPS) is 16.0. The molecule has 31 heavy (non-hydrogen) atoms. The molecule has 0 amide bonds. The van der Waals surface area contributed by atoms with Crippen LogP contribution in [0.5, 0.6) is 0 Å². The molecule has 0 spiro atoms. The fraction of sp³-hybridized carbons (Fsp3) is 1.00. The molecular weight excluding hydrogens is 549 g/mol. The lowest BCUT2D eigenvalue weighted by molar-refractivity contribution is -0.382. The highest BCUT2D eigenvalue weighted by Gasteiger charge is 2.85. The highest BCUT2D eigenvalue weighted by atomic mass is 32.2. The van der Waals surface area contributed by atoms with Crippen molar-refractivity contribution >= 4 is 19.4 Å². The summed E-state index contributed by atoms with van der Waals surface area (Å²) >= 11 is 0. The molecule has 0 heterocycles. The van der Waals surface area contributed by atoms with E-state index in [1.54, 1.807) is 0 Å². The topological polar surface area (TPSA) is 54.4 Å². The van der Waals surface area contributed by atoms with Gasteiger partial charge in [0, 0.05) is 0 Å². The second-order valence-electron chi connectivity index (χ2n) is 4.91. The van der Waals surface area contributed by atoms with Crippen LogP contribution < -0.4 is 0 Å². The molecule has 3 nitrogen and oxygen atoms in total. The molecule has 0 aliphatic carbocycles. The predicted molar refractivity (Wildman–Crippen MR) is 63.1 cm³/mol. The van der Waals surface area contributed by atoms with E-state index in [-0.39, 0.29) is 9.24 Å². The average Bonchev–Trinajstić information content (AvgIpc) is 2.42. The quantitative estimate of drug-likeness (QED) is 0.275. The van der Waals surface area contributed by atoms with Crippen molar-refractivity contribution in [2.75, 3.05) is 0 Å². The summed E-state index contributed by atoms with van der Waals surface area (Å²) in [5.74, 6) is -28.0. The molecule has 1 N–H and O–H groups in total. The van der Waals surface area contributed by atoms with Crippen LogP contribution in [0.2, 0.25) is 0 Å². The summed E-state index contributed by atoms with van der Waals surface area (Å²) in [5.41, 5.74) is -5.55. The number of alkyl halides is 18. The summed E-state index contributed by atoms with van der Waals surface area (Å²) in [6, 6.07) is 0. The van der Waals surface area contributed by atoms with Crippen LogP contribution in [0, 0.1) is 0 Å².